The minimum atomic E-state index is -0.289. The van der Waals surface area contributed by atoms with E-state index >= 15 is 0 Å². The third kappa shape index (κ3) is 3.19. The Morgan fingerprint density at radius 2 is 1.83 bits per heavy atom. The summed E-state index contributed by atoms with van der Waals surface area (Å²) in [4.78, 5) is 27.1. The predicted molar refractivity (Wildman–Crippen MR) is 94.6 cm³/mol. The van der Waals surface area contributed by atoms with Crippen LogP contribution in [0.5, 0.6) is 0 Å². The molecule has 1 amide bonds. The van der Waals surface area contributed by atoms with E-state index in [2.05, 4.69) is 26.2 Å². The predicted octanol–water partition coefficient (Wildman–Crippen LogP) is 3.78. The summed E-state index contributed by atoms with van der Waals surface area (Å²) >= 11 is 3.49. The number of amides is 1. The molecule has 0 aliphatic carbocycles. The lowest BCUT2D eigenvalue weighted by Crippen LogP contribution is -2.28. The first-order valence-corrected chi connectivity index (χ1v) is 8.03. The molecule has 0 unspecified atom stereocenters. The number of benzene rings is 2. The van der Waals surface area contributed by atoms with Crippen LogP contribution in [0.15, 0.2) is 63.9 Å². The maximum absolute atomic E-state index is 12.6. The topological polar surface area (TPSA) is 62.0 Å². The van der Waals surface area contributed by atoms with Gasteiger partial charge in [-0.2, -0.15) is 0 Å². The minimum absolute atomic E-state index is 0.184. The first-order valence-electron chi connectivity index (χ1n) is 7.23. The van der Waals surface area contributed by atoms with Crippen molar-refractivity contribution in [2.45, 2.75) is 13.0 Å². The average Bonchev–Trinajstić information content (AvgIpc) is 2.54. The molecule has 1 atom stereocenters. The van der Waals surface area contributed by atoms with Crippen LogP contribution < -0.4 is 10.9 Å². The van der Waals surface area contributed by atoms with E-state index < -0.39 is 0 Å². The minimum Gasteiger partial charge on any atom is -0.345 e. The Bertz CT molecular complexity index is 933. The van der Waals surface area contributed by atoms with Crippen LogP contribution in [0.2, 0.25) is 0 Å². The number of aromatic nitrogens is 1. The molecule has 4 nitrogen and oxygen atoms in total. The summed E-state index contributed by atoms with van der Waals surface area (Å²) in [7, 11) is 0. The number of hydrogen-bond acceptors (Lipinski definition) is 2. The summed E-state index contributed by atoms with van der Waals surface area (Å²) in [6, 6.07) is 16.1. The van der Waals surface area contributed by atoms with E-state index in [1.807, 2.05) is 49.4 Å². The molecule has 2 aromatic carbocycles. The molecular formula is C18H15BrN2O2. The number of nitrogens with one attached hydrogen (secondary N) is 2. The van der Waals surface area contributed by atoms with Gasteiger partial charge < -0.3 is 10.3 Å². The number of H-pyrrole nitrogens is 1. The highest BCUT2D eigenvalue weighted by molar-refractivity contribution is 9.10. The number of fused-ring (bicyclic) bond motifs is 1. The quantitative estimate of drug-likeness (QED) is 0.736. The lowest BCUT2D eigenvalue weighted by atomic mass is 10.1. The largest absolute Gasteiger partial charge is 0.345 e. The molecule has 0 aliphatic heterocycles. The van der Waals surface area contributed by atoms with E-state index in [4.69, 9.17) is 0 Å². The fourth-order valence-corrected chi connectivity index (χ4v) is 3.20. The second kappa shape index (κ2) is 6.38. The van der Waals surface area contributed by atoms with Gasteiger partial charge in [0.2, 0.25) is 5.56 Å². The first-order chi connectivity index (χ1) is 11.1. The van der Waals surface area contributed by atoms with Crippen LogP contribution in [0.3, 0.4) is 0 Å². The number of carbonyl (C=O) groups is 1. The number of pyridine rings is 1. The SMILES string of the molecule is C[C@H](NC(=O)c1cc(=O)[nH]c2ccccc12)c1ccccc1Br. The van der Waals surface area contributed by atoms with Crippen molar-refractivity contribution in [1.29, 1.82) is 0 Å². The van der Waals surface area contributed by atoms with Crippen LogP contribution in [-0.2, 0) is 0 Å². The standard InChI is InChI=1S/C18H15BrN2O2/c1-11(12-6-2-4-8-15(12)19)20-18(23)14-10-17(22)21-16-9-5-3-7-13(14)16/h2-11H,1H3,(H,20,23)(H,21,22)/t11-/m0/s1. The summed E-state index contributed by atoms with van der Waals surface area (Å²) < 4.78 is 0.934. The fourth-order valence-electron chi connectivity index (χ4n) is 2.57. The van der Waals surface area contributed by atoms with E-state index in [0.717, 1.165) is 15.4 Å². The molecule has 0 bridgehead atoms. The Balaban J connectivity index is 1.95. The maximum Gasteiger partial charge on any atom is 0.252 e. The molecule has 3 aromatic rings. The maximum atomic E-state index is 12.6. The lowest BCUT2D eigenvalue weighted by Gasteiger charge is -2.16. The molecule has 0 aliphatic rings. The third-order valence-electron chi connectivity index (χ3n) is 3.71. The molecule has 116 valence electrons. The van der Waals surface area contributed by atoms with Crippen LogP contribution in [0.1, 0.15) is 28.9 Å². The van der Waals surface area contributed by atoms with Crippen LogP contribution in [-0.4, -0.2) is 10.9 Å². The second-order valence-electron chi connectivity index (χ2n) is 5.31. The molecule has 0 saturated heterocycles. The molecule has 3 rings (SSSR count). The number of para-hydroxylation sites is 1. The molecule has 2 N–H and O–H groups in total. The number of halogens is 1. The van der Waals surface area contributed by atoms with Gasteiger partial charge in [0, 0.05) is 21.4 Å². The van der Waals surface area contributed by atoms with Crippen LogP contribution >= 0.6 is 15.9 Å². The van der Waals surface area contributed by atoms with Gasteiger partial charge in [-0.15, -0.1) is 0 Å². The summed E-state index contributed by atoms with van der Waals surface area (Å²) in [6.07, 6.45) is 0. The van der Waals surface area contributed by atoms with Crippen molar-refractivity contribution in [3.8, 4) is 0 Å². The van der Waals surface area contributed by atoms with E-state index in [9.17, 15) is 9.59 Å². The number of aromatic amines is 1. The van der Waals surface area contributed by atoms with Gasteiger partial charge in [0.25, 0.3) is 5.91 Å². The van der Waals surface area contributed by atoms with Crippen LogP contribution in [0.4, 0.5) is 0 Å². The zero-order chi connectivity index (χ0) is 16.4. The lowest BCUT2D eigenvalue weighted by molar-refractivity contribution is 0.0941. The number of carbonyl (C=O) groups excluding carboxylic acids is 1. The van der Waals surface area contributed by atoms with Gasteiger partial charge in [-0.1, -0.05) is 52.3 Å². The van der Waals surface area contributed by atoms with Crippen molar-refractivity contribution in [1.82, 2.24) is 10.3 Å². The summed E-state index contributed by atoms with van der Waals surface area (Å²) in [5.41, 5.74) is 1.72. The average molecular weight is 371 g/mol. The highest BCUT2D eigenvalue weighted by atomic mass is 79.9. The Kier molecular flexibility index (Phi) is 4.30. The fraction of sp³-hybridized carbons (Fsp3) is 0.111. The Morgan fingerprint density at radius 1 is 1.13 bits per heavy atom. The van der Waals surface area contributed by atoms with Gasteiger partial charge in [-0.3, -0.25) is 9.59 Å². The molecule has 5 heteroatoms. The zero-order valence-corrected chi connectivity index (χ0v) is 14.1. The highest BCUT2D eigenvalue weighted by Gasteiger charge is 2.16. The molecule has 0 spiro atoms. The molecule has 1 aromatic heterocycles. The van der Waals surface area contributed by atoms with Crippen molar-refractivity contribution >= 4 is 32.7 Å². The highest BCUT2D eigenvalue weighted by Crippen LogP contribution is 2.23. The van der Waals surface area contributed by atoms with Crippen molar-refractivity contribution < 1.29 is 4.79 Å². The Morgan fingerprint density at radius 3 is 2.61 bits per heavy atom. The summed E-state index contributed by atoms with van der Waals surface area (Å²) in [6.45, 7) is 1.91. The normalized spacial score (nSPS) is 12.1. The van der Waals surface area contributed by atoms with Gasteiger partial charge in [0.15, 0.2) is 0 Å². The monoisotopic (exact) mass is 370 g/mol. The summed E-state index contributed by atoms with van der Waals surface area (Å²) in [5, 5.41) is 3.68. The first kappa shape index (κ1) is 15.5. The van der Waals surface area contributed by atoms with Crippen molar-refractivity contribution in [2.24, 2.45) is 0 Å². The molecule has 0 fully saturated rings. The van der Waals surface area contributed by atoms with Crippen molar-refractivity contribution in [3.63, 3.8) is 0 Å². The molecule has 23 heavy (non-hydrogen) atoms. The van der Waals surface area contributed by atoms with Gasteiger partial charge in [0.05, 0.1) is 11.6 Å². The van der Waals surface area contributed by atoms with E-state index in [1.165, 1.54) is 6.07 Å². The van der Waals surface area contributed by atoms with Crippen LogP contribution in [0.25, 0.3) is 10.9 Å². The smallest absolute Gasteiger partial charge is 0.252 e. The number of rotatable bonds is 3. The molecule has 1 heterocycles. The van der Waals surface area contributed by atoms with Crippen LogP contribution in [0, 0.1) is 0 Å². The second-order valence-corrected chi connectivity index (χ2v) is 6.16. The Hall–Kier alpha value is -2.40. The molecular weight excluding hydrogens is 356 g/mol. The van der Waals surface area contributed by atoms with Crippen molar-refractivity contribution in [2.75, 3.05) is 0 Å². The van der Waals surface area contributed by atoms with Crippen molar-refractivity contribution in [3.05, 3.63) is 80.6 Å². The third-order valence-corrected chi connectivity index (χ3v) is 4.44. The van der Waals surface area contributed by atoms with Gasteiger partial charge in [-0.25, -0.2) is 0 Å². The molecule has 0 radical (unpaired) electrons. The van der Waals surface area contributed by atoms with Gasteiger partial charge >= 0.3 is 0 Å². The van der Waals surface area contributed by atoms with E-state index in [-0.39, 0.29) is 17.5 Å². The zero-order valence-electron chi connectivity index (χ0n) is 12.5. The van der Waals surface area contributed by atoms with Gasteiger partial charge in [0.1, 0.15) is 0 Å². The Labute approximate surface area is 141 Å². The molecule has 0 saturated carbocycles. The van der Waals surface area contributed by atoms with Gasteiger partial charge in [-0.05, 0) is 24.6 Å². The number of hydrogen-bond donors (Lipinski definition) is 2. The van der Waals surface area contributed by atoms with E-state index in [1.54, 1.807) is 6.07 Å². The summed E-state index contributed by atoms with van der Waals surface area (Å²) in [5.74, 6) is -0.268. The van der Waals surface area contributed by atoms with E-state index in [0.29, 0.717) is 11.1 Å².